The predicted molar refractivity (Wildman–Crippen MR) is 31.8 cm³/mol. The second-order valence-corrected chi connectivity index (χ2v) is 2.44. The molecule has 1 aliphatic rings. The summed E-state index contributed by atoms with van der Waals surface area (Å²) in [4.78, 5) is 0. The molecule has 2 N–H and O–H groups in total. The van der Waals surface area contributed by atoms with Crippen LogP contribution >= 0.6 is 0 Å². The highest BCUT2D eigenvalue weighted by Crippen LogP contribution is 2.16. The zero-order valence-corrected chi connectivity index (χ0v) is 5.45. The molecule has 0 aromatic carbocycles. The Hall–Kier alpha value is -0.120. The Balaban J connectivity index is 2.35. The van der Waals surface area contributed by atoms with E-state index in [9.17, 15) is 0 Å². The maximum Gasteiger partial charge on any atom is 0.155 e. The van der Waals surface area contributed by atoms with Gasteiger partial charge >= 0.3 is 0 Å². The Kier molecular flexibility index (Phi) is 2.05. The molecule has 0 aliphatic carbocycles. The number of aliphatic hydroxyl groups excluding tert-OH is 2. The standard InChI is InChI=1S/C6H12O3/c1-4-5(7)2-3-6(8)9-4/h4-8H,2-3H2,1H3/t4-,5?,6?/m1/s1. The summed E-state index contributed by atoms with van der Waals surface area (Å²) >= 11 is 0. The van der Waals surface area contributed by atoms with Gasteiger partial charge in [0.25, 0.3) is 0 Å². The molecule has 3 heteroatoms. The first kappa shape index (κ1) is 6.99. The van der Waals surface area contributed by atoms with Crippen LogP contribution < -0.4 is 0 Å². The van der Waals surface area contributed by atoms with Gasteiger partial charge in [-0.25, -0.2) is 0 Å². The quantitative estimate of drug-likeness (QED) is 0.482. The van der Waals surface area contributed by atoms with Gasteiger partial charge in [0.2, 0.25) is 0 Å². The summed E-state index contributed by atoms with van der Waals surface area (Å²) in [6.45, 7) is 1.76. The smallest absolute Gasteiger partial charge is 0.155 e. The van der Waals surface area contributed by atoms with Gasteiger partial charge in [0.1, 0.15) is 0 Å². The number of rotatable bonds is 0. The van der Waals surface area contributed by atoms with E-state index >= 15 is 0 Å². The first-order valence-electron chi connectivity index (χ1n) is 3.21. The molecule has 0 saturated carbocycles. The van der Waals surface area contributed by atoms with Gasteiger partial charge in [-0.2, -0.15) is 0 Å². The van der Waals surface area contributed by atoms with Crippen molar-refractivity contribution in [3.05, 3.63) is 0 Å². The van der Waals surface area contributed by atoms with Gasteiger partial charge in [-0.05, 0) is 13.3 Å². The van der Waals surface area contributed by atoms with E-state index in [0.29, 0.717) is 12.8 Å². The molecule has 0 bridgehead atoms. The van der Waals surface area contributed by atoms with Gasteiger partial charge in [-0.15, -0.1) is 0 Å². The lowest BCUT2D eigenvalue weighted by Crippen LogP contribution is -2.36. The van der Waals surface area contributed by atoms with Gasteiger partial charge in [-0.3, -0.25) is 0 Å². The van der Waals surface area contributed by atoms with E-state index in [2.05, 4.69) is 0 Å². The van der Waals surface area contributed by atoms with Crippen LogP contribution in [0.4, 0.5) is 0 Å². The summed E-state index contributed by atoms with van der Waals surface area (Å²) in [7, 11) is 0. The molecular formula is C6H12O3. The van der Waals surface area contributed by atoms with Crippen LogP contribution in [0.3, 0.4) is 0 Å². The molecular weight excluding hydrogens is 120 g/mol. The SMILES string of the molecule is C[C@H]1OC(O)CCC1O. The maximum absolute atomic E-state index is 9.06. The van der Waals surface area contributed by atoms with E-state index < -0.39 is 12.4 Å². The molecule has 0 radical (unpaired) electrons. The molecule has 9 heavy (non-hydrogen) atoms. The molecule has 2 unspecified atom stereocenters. The lowest BCUT2D eigenvalue weighted by Gasteiger charge is -2.28. The fourth-order valence-corrected chi connectivity index (χ4v) is 0.955. The summed E-state index contributed by atoms with van der Waals surface area (Å²) in [5.41, 5.74) is 0. The number of ether oxygens (including phenoxy) is 1. The van der Waals surface area contributed by atoms with Crippen LogP contribution in [0.2, 0.25) is 0 Å². The largest absolute Gasteiger partial charge is 0.390 e. The topological polar surface area (TPSA) is 49.7 Å². The maximum atomic E-state index is 9.06. The van der Waals surface area contributed by atoms with Gasteiger partial charge in [0, 0.05) is 6.42 Å². The van der Waals surface area contributed by atoms with Crippen molar-refractivity contribution in [3.63, 3.8) is 0 Å². The zero-order valence-electron chi connectivity index (χ0n) is 5.45. The van der Waals surface area contributed by atoms with Gasteiger partial charge in [0.05, 0.1) is 12.2 Å². The van der Waals surface area contributed by atoms with Crippen LogP contribution in [0.5, 0.6) is 0 Å². The van der Waals surface area contributed by atoms with E-state index in [0.717, 1.165) is 0 Å². The Bertz CT molecular complexity index is 94.3. The van der Waals surface area contributed by atoms with Crippen molar-refractivity contribution in [2.75, 3.05) is 0 Å². The lowest BCUT2D eigenvalue weighted by atomic mass is 10.1. The molecule has 0 amide bonds. The normalized spacial score (nSPS) is 45.0. The molecule has 3 atom stereocenters. The predicted octanol–water partition coefficient (Wildman–Crippen LogP) is -0.135. The minimum Gasteiger partial charge on any atom is -0.390 e. The van der Waals surface area contributed by atoms with Crippen molar-refractivity contribution in [3.8, 4) is 0 Å². The van der Waals surface area contributed by atoms with Gasteiger partial charge in [-0.1, -0.05) is 0 Å². The van der Waals surface area contributed by atoms with Crippen LogP contribution in [0, 0.1) is 0 Å². The van der Waals surface area contributed by atoms with Crippen molar-refractivity contribution in [2.45, 2.75) is 38.3 Å². The Morgan fingerprint density at radius 3 is 2.44 bits per heavy atom. The zero-order chi connectivity index (χ0) is 6.85. The van der Waals surface area contributed by atoms with Crippen molar-refractivity contribution in [2.24, 2.45) is 0 Å². The summed E-state index contributed by atoms with van der Waals surface area (Å²) < 4.78 is 4.90. The third kappa shape index (κ3) is 1.64. The highest BCUT2D eigenvalue weighted by molar-refractivity contribution is 4.69. The first-order chi connectivity index (χ1) is 4.20. The third-order valence-corrected chi connectivity index (χ3v) is 1.62. The van der Waals surface area contributed by atoms with Crippen molar-refractivity contribution >= 4 is 0 Å². The molecule has 1 aliphatic heterocycles. The molecule has 1 heterocycles. The summed E-state index contributed by atoms with van der Waals surface area (Å²) in [5.74, 6) is 0. The average Bonchev–Trinajstić information content (AvgIpc) is 1.80. The van der Waals surface area contributed by atoms with Crippen molar-refractivity contribution in [1.82, 2.24) is 0 Å². The van der Waals surface area contributed by atoms with Crippen LogP contribution in [0.1, 0.15) is 19.8 Å². The van der Waals surface area contributed by atoms with E-state index in [1.54, 1.807) is 6.92 Å². The molecule has 1 rings (SSSR count). The molecule has 0 aromatic rings. The second kappa shape index (κ2) is 2.64. The fraction of sp³-hybridized carbons (Fsp3) is 1.00. The highest BCUT2D eigenvalue weighted by atomic mass is 16.6. The number of hydrogen-bond acceptors (Lipinski definition) is 3. The van der Waals surface area contributed by atoms with Gasteiger partial charge < -0.3 is 14.9 Å². The van der Waals surface area contributed by atoms with E-state index in [1.165, 1.54) is 0 Å². The summed E-state index contributed by atoms with van der Waals surface area (Å²) in [5, 5.41) is 17.9. The molecule has 1 fully saturated rings. The van der Waals surface area contributed by atoms with E-state index in [-0.39, 0.29) is 6.10 Å². The molecule has 3 nitrogen and oxygen atoms in total. The minimum atomic E-state index is -0.664. The second-order valence-electron chi connectivity index (χ2n) is 2.44. The number of hydrogen-bond donors (Lipinski definition) is 2. The highest BCUT2D eigenvalue weighted by Gasteiger charge is 2.24. The molecule has 54 valence electrons. The van der Waals surface area contributed by atoms with E-state index in [4.69, 9.17) is 14.9 Å². The molecule has 0 spiro atoms. The summed E-state index contributed by atoms with van der Waals surface area (Å²) in [6.07, 6.45) is -0.0843. The third-order valence-electron chi connectivity index (χ3n) is 1.62. The monoisotopic (exact) mass is 132 g/mol. The Morgan fingerprint density at radius 2 is 2.00 bits per heavy atom. The summed E-state index contributed by atoms with van der Waals surface area (Å²) in [6, 6.07) is 0. The first-order valence-corrected chi connectivity index (χ1v) is 3.21. The van der Waals surface area contributed by atoms with Crippen LogP contribution in [-0.4, -0.2) is 28.7 Å². The minimum absolute atomic E-state index is 0.214. The van der Waals surface area contributed by atoms with Crippen LogP contribution in [0.25, 0.3) is 0 Å². The van der Waals surface area contributed by atoms with E-state index in [1.807, 2.05) is 0 Å². The van der Waals surface area contributed by atoms with Gasteiger partial charge in [0.15, 0.2) is 6.29 Å². The number of aliphatic hydroxyl groups is 2. The Labute approximate surface area is 54.3 Å². The van der Waals surface area contributed by atoms with Crippen LogP contribution in [-0.2, 0) is 4.74 Å². The van der Waals surface area contributed by atoms with Crippen molar-refractivity contribution < 1.29 is 14.9 Å². The molecule has 1 saturated heterocycles. The lowest BCUT2D eigenvalue weighted by molar-refractivity contribution is -0.192. The van der Waals surface area contributed by atoms with Crippen LogP contribution in [0.15, 0.2) is 0 Å². The Morgan fingerprint density at radius 1 is 1.33 bits per heavy atom. The molecule has 0 aromatic heterocycles. The average molecular weight is 132 g/mol. The fourth-order valence-electron chi connectivity index (χ4n) is 0.955. The van der Waals surface area contributed by atoms with Crippen molar-refractivity contribution in [1.29, 1.82) is 0 Å².